The van der Waals surface area contributed by atoms with Gasteiger partial charge in [0, 0.05) is 18.0 Å². The van der Waals surface area contributed by atoms with Gasteiger partial charge >= 0.3 is 5.97 Å². The number of rotatable bonds is 4. The largest absolute Gasteiger partial charge is 0.478 e. The van der Waals surface area contributed by atoms with Gasteiger partial charge in [0.2, 0.25) is 5.91 Å². The average molecular weight is 286 g/mol. The summed E-state index contributed by atoms with van der Waals surface area (Å²) >= 11 is 0. The summed E-state index contributed by atoms with van der Waals surface area (Å²) in [5.41, 5.74) is 5.35. The van der Waals surface area contributed by atoms with Crippen LogP contribution in [0, 0.1) is 0 Å². The standard InChI is InChI=1S/C15H14N2O4/c1-17(8-12(16)18)14(19)10-6-2-4-9-5-3-7-11(13(9)10)15(20)21/h2-7H,8H2,1H3,(H2,16,18)(H,20,21). The number of carboxylic acids is 1. The molecule has 0 atom stereocenters. The Bertz CT molecular complexity index is 734. The third-order valence-electron chi connectivity index (χ3n) is 3.11. The van der Waals surface area contributed by atoms with Gasteiger partial charge in [-0.1, -0.05) is 24.3 Å². The zero-order valence-electron chi connectivity index (χ0n) is 11.4. The van der Waals surface area contributed by atoms with Crippen molar-refractivity contribution in [3.63, 3.8) is 0 Å². The number of primary amides is 1. The first-order valence-corrected chi connectivity index (χ1v) is 6.20. The molecule has 0 saturated heterocycles. The smallest absolute Gasteiger partial charge is 0.336 e. The van der Waals surface area contributed by atoms with E-state index in [2.05, 4.69) is 0 Å². The number of benzene rings is 2. The van der Waals surface area contributed by atoms with Gasteiger partial charge in [0.25, 0.3) is 5.91 Å². The molecule has 0 radical (unpaired) electrons. The number of amides is 2. The SMILES string of the molecule is CN(CC(N)=O)C(=O)c1cccc2cccc(C(=O)O)c12. The van der Waals surface area contributed by atoms with Crippen LogP contribution in [0.15, 0.2) is 36.4 Å². The molecule has 3 N–H and O–H groups in total. The van der Waals surface area contributed by atoms with Crippen molar-refractivity contribution in [2.75, 3.05) is 13.6 Å². The van der Waals surface area contributed by atoms with E-state index >= 15 is 0 Å². The predicted molar refractivity (Wildman–Crippen MR) is 77.1 cm³/mol. The minimum absolute atomic E-state index is 0.0453. The summed E-state index contributed by atoms with van der Waals surface area (Å²) in [4.78, 5) is 35.8. The molecule has 0 aliphatic carbocycles. The molecule has 108 valence electrons. The van der Waals surface area contributed by atoms with Gasteiger partial charge in [-0.15, -0.1) is 0 Å². The molecule has 0 aromatic heterocycles. The quantitative estimate of drug-likeness (QED) is 0.878. The van der Waals surface area contributed by atoms with Crippen LogP contribution in [0.3, 0.4) is 0 Å². The second-order valence-corrected chi connectivity index (χ2v) is 4.64. The van der Waals surface area contributed by atoms with E-state index in [0.717, 1.165) is 4.90 Å². The second kappa shape index (κ2) is 5.62. The first-order chi connectivity index (χ1) is 9.91. The van der Waals surface area contributed by atoms with Crippen LogP contribution in [-0.2, 0) is 4.79 Å². The molecular formula is C15H14N2O4. The molecular weight excluding hydrogens is 272 g/mol. The number of likely N-dealkylation sites (N-methyl/N-ethyl adjacent to an activating group) is 1. The van der Waals surface area contributed by atoms with Crippen molar-refractivity contribution in [3.05, 3.63) is 47.5 Å². The van der Waals surface area contributed by atoms with Crippen molar-refractivity contribution in [1.29, 1.82) is 0 Å². The fourth-order valence-electron chi connectivity index (χ4n) is 2.21. The lowest BCUT2D eigenvalue weighted by Crippen LogP contribution is -2.35. The van der Waals surface area contributed by atoms with Gasteiger partial charge in [-0.25, -0.2) is 4.79 Å². The molecule has 0 unspecified atom stereocenters. The third-order valence-corrected chi connectivity index (χ3v) is 3.11. The zero-order chi connectivity index (χ0) is 15.6. The fourth-order valence-corrected chi connectivity index (χ4v) is 2.21. The topological polar surface area (TPSA) is 101 Å². The predicted octanol–water partition coefficient (Wildman–Crippen LogP) is 1.10. The fraction of sp³-hybridized carbons (Fsp3) is 0.133. The van der Waals surface area contributed by atoms with Crippen LogP contribution >= 0.6 is 0 Å². The maximum Gasteiger partial charge on any atom is 0.336 e. The lowest BCUT2D eigenvalue weighted by molar-refractivity contribution is -0.118. The van der Waals surface area contributed by atoms with Crippen LogP contribution in [0.1, 0.15) is 20.7 Å². The number of hydrogen-bond acceptors (Lipinski definition) is 3. The van der Waals surface area contributed by atoms with E-state index in [-0.39, 0.29) is 17.7 Å². The molecule has 6 nitrogen and oxygen atoms in total. The first kappa shape index (κ1) is 14.5. The highest BCUT2D eigenvalue weighted by atomic mass is 16.4. The highest BCUT2D eigenvalue weighted by molar-refractivity contribution is 6.14. The van der Waals surface area contributed by atoms with Gasteiger partial charge in [0.1, 0.15) is 0 Å². The number of aromatic carboxylic acids is 1. The maximum absolute atomic E-state index is 12.4. The van der Waals surface area contributed by atoms with E-state index in [4.69, 9.17) is 5.73 Å². The Kier molecular flexibility index (Phi) is 3.89. The highest BCUT2D eigenvalue weighted by Crippen LogP contribution is 2.24. The minimum Gasteiger partial charge on any atom is -0.478 e. The Hall–Kier alpha value is -2.89. The molecule has 6 heteroatoms. The molecule has 0 spiro atoms. The minimum atomic E-state index is -1.11. The Labute approximate surface area is 120 Å². The summed E-state index contributed by atoms with van der Waals surface area (Å²) in [6.07, 6.45) is 0. The van der Waals surface area contributed by atoms with Crippen molar-refractivity contribution in [3.8, 4) is 0 Å². The van der Waals surface area contributed by atoms with Crippen LogP contribution in [-0.4, -0.2) is 41.4 Å². The van der Waals surface area contributed by atoms with E-state index in [0.29, 0.717) is 10.8 Å². The van der Waals surface area contributed by atoms with Gasteiger partial charge in [0.15, 0.2) is 0 Å². The number of carbonyl (C=O) groups excluding carboxylic acids is 2. The number of carbonyl (C=O) groups is 3. The summed E-state index contributed by atoms with van der Waals surface area (Å²) in [5.74, 6) is -2.20. The van der Waals surface area contributed by atoms with Crippen LogP contribution in [0.4, 0.5) is 0 Å². The average Bonchev–Trinajstić information content (AvgIpc) is 2.44. The highest BCUT2D eigenvalue weighted by Gasteiger charge is 2.19. The monoisotopic (exact) mass is 286 g/mol. The number of fused-ring (bicyclic) bond motifs is 1. The number of hydrogen-bond donors (Lipinski definition) is 2. The van der Waals surface area contributed by atoms with Crippen LogP contribution in [0.5, 0.6) is 0 Å². The van der Waals surface area contributed by atoms with E-state index in [1.807, 2.05) is 0 Å². The maximum atomic E-state index is 12.4. The van der Waals surface area contributed by atoms with Gasteiger partial charge in [-0.2, -0.15) is 0 Å². The van der Waals surface area contributed by atoms with Crippen molar-refractivity contribution in [2.24, 2.45) is 5.73 Å². The van der Waals surface area contributed by atoms with E-state index < -0.39 is 17.8 Å². The molecule has 0 fully saturated rings. The first-order valence-electron chi connectivity index (χ1n) is 6.20. The van der Waals surface area contributed by atoms with Crippen molar-refractivity contribution in [2.45, 2.75) is 0 Å². The lowest BCUT2D eigenvalue weighted by atomic mass is 9.98. The lowest BCUT2D eigenvalue weighted by Gasteiger charge is -2.17. The van der Waals surface area contributed by atoms with E-state index in [1.54, 1.807) is 24.3 Å². The van der Waals surface area contributed by atoms with E-state index in [9.17, 15) is 19.5 Å². The van der Waals surface area contributed by atoms with Crippen LogP contribution in [0.2, 0.25) is 0 Å². The zero-order valence-corrected chi connectivity index (χ0v) is 11.4. The van der Waals surface area contributed by atoms with E-state index in [1.165, 1.54) is 19.2 Å². The van der Waals surface area contributed by atoms with Crippen LogP contribution < -0.4 is 5.73 Å². The molecule has 0 saturated carbocycles. The van der Waals surface area contributed by atoms with Crippen molar-refractivity contribution >= 4 is 28.6 Å². The Morgan fingerprint density at radius 1 is 1.10 bits per heavy atom. The molecule has 0 aliphatic rings. The normalized spacial score (nSPS) is 10.3. The molecule has 0 aliphatic heterocycles. The van der Waals surface area contributed by atoms with Crippen molar-refractivity contribution in [1.82, 2.24) is 4.90 Å². The number of nitrogens with zero attached hydrogens (tertiary/aromatic N) is 1. The Morgan fingerprint density at radius 3 is 2.19 bits per heavy atom. The van der Waals surface area contributed by atoms with Gasteiger partial charge in [0.05, 0.1) is 12.1 Å². The molecule has 2 amide bonds. The Morgan fingerprint density at radius 2 is 1.67 bits per heavy atom. The van der Waals surface area contributed by atoms with Crippen molar-refractivity contribution < 1.29 is 19.5 Å². The molecule has 0 heterocycles. The summed E-state index contributed by atoms with van der Waals surface area (Å²) in [7, 11) is 1.44. The number of nitrogens with two attached hydrogens (primary N) is 1. The molecule has 2 rings (SSSR count). The molecule has 0 bridgehead atoms. The molecule has 21 heavy (non-hydrogen) atoms. The van der Waals surface area contributed by atoms with Gasteiger partial charge in [-0.3, -0.25) is 9.59 Å². The molecule has 2 aromatic carbocycles. The summed E-state index contributed by atoms with van der Waals surface area (Å²) < 4.78 is 0. The Balaban J connectivity index is 2.61. The molecule has 2 aromatic rings. The summed E-state index contributed by atoms with van der Waals surface area (Å²) in [6, 6.07) is 9.72. The van der Waals surface area contributed by atoms with Crippen LogP contribution in [0.25, 0.3) is 10.8 Å². The van der Waals surface area contributed by atoms with Gasteiger partial charge < -0.3 is 15.7 Å². The summed E-state index contributed by atoms with van der Waals surface area (Å²) in [6.45, 7) is -0.232. The number of carboxylic acid groups (broad SMARTS) is 1. The van der Waals surface area contributed by atoms with Gasteiger partial charge in [-0.05, 0) is 17.5 Å². The third kappa shape index (κ3) is 2.84. The second-order valence-electron chi connectivity index (χ2n) is 4.64. The summed E-state index contributed by atoms with van der Waals surface area (Å²) in [5, 5.41) is 10.3.